The van der Waals surface area contributed by atoms with E-state index in [-0.39, 0.29) is 0 Å². The van der Waals surface area contributed by atoms with Gasteiger partial charge in [0.2, 0.25) is 0 Å². The molecule has 0 aromatic heterocycles. The number of halogens is 2. The number of alkyl halides is 1. The molecule has 0 N–H and O–H groups in total. The largest absolute Gasteiger partial charge is 0.490 e. The molecule has 0 unspecified atom stereocenters. The Balaban J connectivity index is 1.86. The van der Waals surface area contributed by atoms with Gasteiger partial charge in [-0.05, 0) is 18.2 Å². The van der Waals surface area contributed by atoms with E-state index in [0.29, 0.717) is 23.6 Å². The fourth-order valence-corrected chi connectivity index (χ4v) is 2.33. The van der Waals surface area contributed by atoms with E-state index in [1.807, 2.05) is 48.5 Å². The molecule has 0 aliphatic heterocycles. The van der Waals surface area contributed by atoms with Gasteiger partial charge in [0.15, 0.2) is 0 Å². The first kappa shape index (κ1) is 14.2. The van der Waals surface area contributed by atoms with Gasteiger partial charge in [-0.3, -0.25) is 0 Å². The fraction of sp³-hybridized carbons (Fsp3) is 0.200. The second kappa shape index (κ2) is 7.41. The maximum absolute atomic E-state index is 6.12. The molecular weight excluding hydrogens is 328 g/mol. The van der Waals surface area contributed by atoms with E-state index in [1.165, 1.54) is 0 Å². The Morgan fingerprint density at radius 3 is 2.37 bits per heavy atom. The van der Waals surface area contributed by atoms with Gasteiger partial charge in [0, 0.05) is 10.9 Å². The van der Waals surface area contributed by atoms with Gasteiger partial charge >= 0.3 is 0 Å². The molecule has 0 spiro atoms. The molecule has 2 aromatic rings. The van der Waals surface area contributed by atoms with Gasteiger partial charge in [0.1, 0.15) is 24.7 Å². The minimum absolute atomic E-state index is 0.457. The molecule has 0 aliphatic rings. The molecule has 4 heteroatoms. The topological polar surface area (TPSA) is 18.5 Å². The quantitative estimate of drug-likeness (QED) is 0.560. The number of hydrogen-bond donors (Lipinski definition) is 0. The zero-order valence-electron chi connectivity index (χ0n) is 10.3. The first-order valence-corrected chi connectivity index (χ1v) is 7.45. The average molecular weight is 342 g/mol. The van der Waals surface area contributed by atoms with Crippen molar-refractivity contribution in [2.45, 2.75) is 5.33 Å². The summed E-state index contributed by atoms with van der Waals surface area (Å²) in [7, 11) is 0. The maximum atomic E-state index is 6.12. The third-order valence-electron chi connectivity index (χ3n) is 2.53. The van der Waals surface area contributed by atoms with Crippen LogP contribution in [-0.4, -0.2) is 13.2 Å². The maximum Gasteiger partial charge on any atom is 0.142 e. The van der Waals surface area contributed by atoms with Gasteiger partial charge in [0.25, 0.3) is 0 Å². The molecule has 0 heterocycles. The summed E-state index contributed by atoms with van der Waals surface area (Å²) in [6, 6.07) is 15.4. The number of benzene rings is 2. The lowest BCUT2D eigenvalue weighted by molar-refractivity contribution is 0.216. The van der Waals surface area contributed by atoms with Crippen molar-refractivity contribution in [2.24, 2.45) is 0 Å². The Hall–Kier alpha value is -1.19. The van der Waals surface area contributed by atoms with Gasteiger partial charge in [0.05, 0.1) is 5.02 Å². The van der Waals surface area contributed by atoms with Gasteiger partial charge < -0.3 is 9.47 Å². The third kappa shape index (κ3) is 4.15. The first-order valence-electron chi connectivity index (χ1n) is 5.95. The highest BCUT2D eigenvalue weighted by Gasteiger charge is 2.07. The van der Waals surface area contributed by atoms with E-state index >= 15 is 0 Å². The Labute approximate surface area is 126 Å². The monoisotopic (exact) mass is 340 g/mol. The molecule has 0 atom stereocenters. The van der Waals surface area contributed by atoms with Crippen LogP contribution in [0.3, 0.4) is 0 Å². The summed E-state index contributed by atoms with van der Waals surface area (Å²) in [6.45, 7) is 0.940. The lowest BCUT2D eigenvalue weighted by Crippen LogP contribution is -2.10. The molecule has 0 aliphatic carbocycles. The Morgan fingerprint density at radius 2 is 1.63 bits per heavy atom. The molecule has 100 valence electrons. The predicted octanol–water partition coefficient (Wildman–Crippen LogP) is 4.69. The number of ether oxygens (including phenoxy) is 2. The Kier molecular flexibility index (Phi) is 5.55. The standard InChI is InChI=1S/C15H14BrClO2/c16-11-12-5-4-8-14(17)15(12)19-10-9-18-13-6-2-1-3-7-13/h1-8H,9-11H2. The van der Waals surface area contributed by atoms with Crippen LogP contribution in [0.1, 0.15) is 5.56 Å². The van der Waals surface area contributed by atoms with E-state index in [9.17, 15) is 0 Å². The van der Waals surface area contributed by atoms with E-state index < -0.39 is 0 Å². The van der Waals surface area contributed by atoms with Crippen LogP contribution in [0.2, 0.25) is 5.02 Å². The van der Waals surface area contributed by atoms with E-state index in [2.05, 4.69) is 15.9 Å². The van der Waals surface area contributed by atoms with Crippen LogP contribution in [0.15, 0.2) is 48.5 Å². The van der Waals surface area contributed by atoms with Crippen LogP contribution in [-0.2, 0) is 5.33 Å². The minimum Gasteiger partial charge on any atom is -0.490 e. The second-order valence-electron chi connectivity index (χ2n) is 3.87. The fourth-order valence-electron chi connectivity index (χ4n) is 1.64. The summed E-state index contributed by atoms with van der Waals surface area (Å²) in [5.74, 6) is 1.56. The molecule has 2 rings (SSSR count). The molecule has 0 saturated carbocycles. The first-order chi connectivity index (χ1) is 9.31. The highest BCUT2D eigenvalue weighted by atomic mass is 79.9. The van der Waals surface area contributed by atoms with E-state index in [1.54, 1.807) is 0 Å². The van der Waals surface area contributed by atoms with Crippen LogP contribution in [0.4, 0.5) is 0 Å². The van der Waals surface area contributed by atoms with Crippen molar-refractivity contribution in [3.63, 3.8) is 0 Å². The predicted molar refractivity (Wildman–Crippen MR) is 81.5 cm³/mol. The summed E-state index contributed by atoms with van der Waals surface area (Å²) >= 11 is 9.54. The minimum atomic E-state index is 0.457. The normalized spacial score (nSPS) is 10.2. The number of rotatable bonds is 6. The van der Waals surface area contributed by atoms with Gasteiger partial charge in [-0.1, -0.05) is 57.9 Å². The summed E-state index contributed by atoms with van der Waals surface area (Å²) in [5, 5.41) is 1.33. The summed E-state index contributed by atoms with van der Waals surface area (Å²) in [6.07, 6.45) is 0. The van der Waals surface area contributed by atoms with Crippen molar-refractivity contribution < 1.29 is 9.47 Å². The SMILES string of the molecule is Clc1cccc(CBr)c1OCCOc1ccccc1. The molecule has 0 saturated heterocycles. The highest BCUT2D eigenvalue weighted by molar-refractivity contribution is 9.08. The van der Waals surface area contributed by atoms with Crippen molar-refractivity contribution in [3.8, 4) is 11.5 Å². The molecule has 0 radical (unpaired) electrons. The third-order valence-corrected chi connectivity index (χ3v) is 3.44. The van der Waals surface area contributed by atoms with Crippen molar-refractivity contribution in [1.82, 2.24) is 0 Å². The lowest BCUT2D eigenvalue weighted by Gasteiger charge is -2.12. The van der Waals surface area contributed by atoms with E-state index in [4.69, 9.17) is 21.1 Å². The summed E-state index contributed by atoms with van der Waals surface area (Å²) < 4.78 is 11.3. The average Bonchev–Trinajstić information content (AvgIpc) is 2.46. The molecular formula is C15H14BrClO2. The molecule has 2 nitrogen and oxygen atoms in total. The summed E-state index contributed by atoms with van der Waals surface area (Å²) in [5.41, 5.74) is 1.03. The van der Waals surface area contributed by atoms with Crippen LogP contribution < -0.4 is 9.47 Å². The van der Waals surface area contributed by atoms with Crippen LogP contribution in [0, 0.1) is 0 Å². The molecule has 0 fully saturated rings. The van der Waals surface area contributed by atoms with Gasteiger partial charge in [-0.15, -0.1) is 0 Å². The van der Waals surface area contributed by atoms with Crippen molar-refractivity contribution >= 4 is 27.5 Å². The summed E-state index contributed by atoms with van der Waals surface area (Å²) in [4.78, 5) is 0. The lowest BCUT2D eigenvalue weighted by atomic mass is 10.2. The van der Waals surface area contributed by atoms with E-state index in [0.717, 1.165) is 17.1 Å². The van der Waals surface area contributed by atoms with Gasteiger partial charge in [-0.2, -0.15) is 0 Å². The zero-order chi connectivity index (χ0) is 13.5. The number of hydrogen-bond acceptors (Lipinski definition) is 2. The van der Waals surface area contributed by atoms with Crippen molar-refractivity contribution in [2.75, 3.05) is 13.2 Å². The molecule has 2 aromatic carbocycles. The molecule has 0 bridgehead atoms. The number of para-hydroxylation sites is 2. The van der Waals surface area contributed by atoms with Crippen molar-refractivity contribution in [3.05, 3.63) is 59.1 Å². The molecule has 19 heavy (non-hydrogen) atoms. The molecule has 0 amide bonds. The zero-order valence-corrected chi connectivity index (χ0v) is 12.7. The Bertz CT molecular complexity index is 517. The van der Waals surface area contributed by atoms with Crippen LogP contribution in [0.25, 0.3) is 0 Å². The highest BCUT2D eigenvalue weighted by Crippen LogP contribution is 2.30. The smallest absolute Gasteiger partial charge is 0.142 e. The van der Waals surface area contributed by atoms with Crippen LogP contribution in [0.5, 0.6) is 11.5 Å². The second-order valence-corrected chi connectivity index (χ2v) is 4.84. The van der Waals surface area contributed by atoms with Crippen molar-refractivity contribution in [1.29, 1.82) is 0 Å². The Morgan fingerprint density at radius 1 is 0.895 bits per heavy atom. The van der Waals surface area contributed by atoms with Crippen LogP contribution >= 0.6 is 27.5 Å². The van der Waals surface area contributed by atoms with Gasteiger partial charge in [-0.25, -0.2) is 0 Å².